The molecule has 2 aromatic heterocycles. The molecular weight excluding hydrogens is 571 g/mol. The van der Waals surface area contributed by atoms with E-state index < -0.39 is 42.1 Å². The van der Waals surface area contributed by atoms with Gasteiger partial charge in [-0.2, -0.15) is 9.97 Å². The number of halogens is 1. The fraction of sp³-hybridized carbons (Fsp3) is 0.742. The number of carbonyl (C=O) groups excluding carboxylic acids is 3. The molecular formula is C31H45FN6O6. The first-order chi connectivity index (χ1) is 21.1. The molecule has 12 nitrogen and oxygen atoms in total. The first kappa shape index (κ1) is 32.1. The van der Waals surface area contributed by atoms with Crippen LogP contribution >= 0.6 is 0 Å². The number of rotatable bonds is 10. The first-order valence-corrected chi connectivity index (χ1v) is 16.0. The highest BCUT2D eigenvalue weighted by atomic mass is 19.1. The third kappa shape index (κ3) is 7.13. The maximum absolute atomic E-state index is 16.9. The van der Waals surface area contributed by atoms with Crippen molar-refractivity contribution < 1.29 is 33.0 Å². The predicted octanol–water partition coefficient (Wildman–Crippen LogP) is 5.44. The molecule has 3 fully saturated rings. The van der Waals surface area contributed by atoms with Gasteiger partial charge in [-0.1, -0.05) is 52.4 Å². The lowest BCUT2D eigenvalue weighted by Gasteiger charge is -2.28. The topological polar surface area (TPSA) is 147 Å². The summed E-state index contributed by atoms with van der Waals surface area (Å²) in [5.74, 6) is -0.997. The molecule has 3 heterocycles. The van der Waals surface area contributed by atoms with E-state index in [1.165, 1.54) is 24.2 Å². The number of hydrogen-bond acceptors (Lipinski definition) is 10. The van der Waals surface area contributed by atoms with Crippen LogP contribution in [-0.2, 0) is 28.6 Å². The molecule has 0 radical (unpaired) electrons. The number of nitrogens with one attached hydrogen (secondary N) is 2. The van der Waals surface area contributed by atoms with Gasteiger partial charge >= 0.3 is 11.9 Å². The molecule has 0 bridgehead atoms. The molecule has 2 aliphatic carbocycles. The molecule has 242 valence electrons. The Labute approximate surface area is 257 Å². The summed E-state index contributed by atoms with van der Waals surface area (Å²) in [6, 6.07) is 0. The Balaban J connectivity index is 1.41. The van der Waals surface area contributed by atoms with Crippen LogP contribution in [0.1, 0.15) is 104 Å². The Morgan fingerprint density at radius 3 is 2.27 bits per heavy atom. The molecule has 0 spiro atoms. The fourth-order valence-electron chi connectivity index (χ4n) is 6.55. The number of aromatic nitrogens is 4. The van der Waals surface area contributed by atoms with Crippen LogP contribution in [-0.4, -0.2) is 62.5 Å². The number of nitrogens with zero attached hydrogens (tertiary/aromatic N) is 4. The fourth-order valence-corrected chi connectivity index (χ4v) is 6.55. The van der Waals surface area contributed by atoms with Crippen LogP contribution in [0.2, 0.25) is 0 Å². The molecule has 4 atom stereocenters. The van der Waals surface area contributed by atoms with E-state index in [4.69, 9.17) is 14.2 Å². The first-order valence-electron chi connectivity index (χ1n) is 16.0. The number of hydrogen-bond donors (Lipinski definition) is 2. The summed E-state index contributed by atoms with van der Waals surface area (Å²) in [6.07, 6.45) is 8.03. The average molecular weight is 617 g/mol. The molecule has 0 aromatic carbocycles. The van der Waals surface area contributed by atoms with Crippen molar-refractivity contribution in [2.75, 3.05) is 17.7 Å². The van der Waals surface area contributed by atoms with Crippen molar-refractivity contribution in [3.05, 3.63) is 6.33 Å². The van der Waals surface area contributed by atoms with E-state index in [-0.39, 0.29) is 29.8 Å². The number of fused-ring (bicyclic) bond motifs is 1. The standard InChI is InChI=1S/C31H45FN6O6/c1-18(2)27(41)43-28-24(42-22(40)16-20-13-9-6-10-14-20)31(3,32)29(44-28)38-17-34-23-25(33-4)36-30(37-26(23)38)35-21(39)15-19-11-7-5-8-12-19/h17-20,24,28-29H,5-16H2,1-4H3,(H2,33,35,36,37,39)/t24-,28+,29-,31-/m1/s1. The molecule has 13 heteroatoms. The number of carbonyl (C=O) groups is 3. The van der Waals surface area contributed by atoms with Gasteiger partial charge in [-0.3, -0.25) is 24.3 Å². The van der Waals surface area contributed by atoms with Gasteiger partial charge < -0.3 is 19.5 Å². The van der Waals surface area contributed by atoms with E-state index >= 15 is 4.39 Å². The molecule has 2 N–H and O–H groups in total. The summed E-state index contributed by atoms with van der Waals surface area (Å²) in [4.78, 5) is 51.8. The van der Waals surface area contributed by atoms with Crippen LogP contribution in [0.3, 0.4) is 0 Å². The molecule has 1 saturated heterocycles. The number of esters is 2. The Bertz CT molecular complexity index is 1340. The van der Waals surface area contributed by atoms with Crippen LogP contribution in [0.5, 0.6) is 0 Å². The summed E-state index contributed by atoms with van der Waals surface area (Å²) in [5, 5.41) is 5.75. The van der Waals surface area contributed by atoms with Gasteiger partial charge in [0.15, 0.2) is 28.9 Å². The normalized spacial score (nSPS) is 26.5. The number of amides is 1. The lowest BCUT2D eigenvalue weighted by molar-refractivity contribution is -0.203. The third-order valence-electron chi connectivity index (χ3n) is 9.05. The average Bonchev–Trinajstić information content (AvgIpc) is 3.51. The van der Waals surface area contributed by atoms with Gasteiger partial charge in [0.05, 0.1) is 12.2 Å². The van der Waals surface area contributed by atoms with Crippen LogP contribution < -0.4 is 10.6 Å². The maximum Gasteiger partial charge on any atom is 0.310 e. The predicted molar refractivity (Wildman–Crippen MR) is 160 cm³/mol. The molecule has 3 aliphatic rings. The van der Waals surface area contributed by atoms with Crippen LogP contribution in [0, 0.1) is 17.8 Å². The Hall–Kier alpha value is -3.35. The van der Waals surface area contributed by atoms with E-state index in [1.807, 2.05) is 0 Å². The highest BCUT2D eigenvalue weighted by Gasteiger charge is 2.60. The summed E-state index contributed by atoms with van der Waals surface area (Å²) < 4.78 is 35.5. The van der Waals surface area contributed by atoms with Crippen molar-refractivity contribution in [2.45, 2.75) is 122 Å². The van der Waals surface area contributed by atoms with Gasteiger partial charge in [0, 0.05) is 19.9 Å². The third-order valence-corrected chi connectivity index (χ3v) is 9.05. The van der Waals surface area contributed by atoms with E-state index in [9.17, 15) is 14.4 Å². The van der Waals surface area contributed by atoms with Crippen molar-refractivity contribution in [1.29, 1.82) is 0 Å². The Morgan fingerprint density at radius 1 is 1.02 bits per heavy atom. The van der Waals surface area contributed by atoms with Gasteiger partial charge in [0.25, 0.3) is 0 Å². The number of anilines is 2. The zero-order valence-electron chi connectivity index (χ0n) is 26.1. The largest absolute Gasteiger partial charge is 0.452 e. The summed E-state index contributed by atoms with van der Waals surface area (Å²) in [7, 11) is 1.66. The van der Waals surface area contributed by atoms with E-state index in [0.717, 1.165) is 57.8 Å². The van der Waals surface area contributed by atoms with Gasteiger partial charge in [-0.15, -0.1) is 0 Å². The molecule has 1 amide bonds. The lowest BCUT2D eigenvalue weighted by atomic mass is 9.87. The second kappa shape index (κ2) is 13.7. The number of imidazole rings is 1. The zero-order valence-corrected chi connectivity index (χ0v) is 26.1. The van der Waals surface area contributed by atoms with Crippen LogP contribution in [0.25, 0.3) is 11.2 Å². The maximum atomic E-state index is 16.9. The molecule has 0 unspecified atom stereocenters. The van der Waals surface area contributed by atoms with Crippen molar-refractivity contribution in [3.63, 3.8) is 0 Å². The molecule has 5 rings (SSSR count). The van der Waals surface area contributed by atoms with E-state index in [2.05, 4.69) is 25.6 Å². The molecule has 44 heavy (non-hydrogen) atoms. The van der Waals surface area contributed by atoms with Gasteiger partial charge in [0.2, 0.25) is 24.2 Å². The van der Waals surface area contributed by atoms with Crippen molar-refractivity contribution >= 4 is 40.8 Å². The number of alkyl halides is 1. The summed E-state index contributed by atoms with van der Waals surface area (Å²) in [5.41, 5.74) is -1.83. The van der Waals surface area contributed by atoms with Gasteiger partial charge in [0.1, 0.15) is 0 Å². The van der Waals surface area contributed by atoms with Gasteiger partial charge in [-0.05, 0) is 44.4 Å². The Morgan fingerprint density at radius 2 is 1.66 bits per heavy atom. The second-order valence-electron chi connectivity index (χ2n) is 12.9. The monoisotopic (exact) mass is 616 g/mol. The SMILES string of the molecule is CNc1nc(NC(=O)CC2CCCCC2)nc2c1ncn2[C@@H]1O[C@H](OC(=O)C(C)C)[C@@H](OC(=O)CC2CCCCC2)[C@@]1(C)F. The molecule has 1 aliphatic heterocycles. The Kier molecular flexibility index (Phi) is 10.0. The van der Waals surface area contributed by atoms with E-state index in [0.29, 0.717) is 23.7 Å². The van der Waals surface area contributed by atoms with Crippen LogP contribution in [0.4, 0.5) is 16.2 Å². The molecule has 2 saturated carbocycles. The minimum absolute atomic E-state index is 0.0428. The van der Waals surface area contributed by atoms with Crippen molar-refractivity contribution in [1.82, 2.24) is 19.5 Å². The van der Waals surface area contributed by atoms with Gasteiger partial charge in [-0.25, -0.2) is 9.37 Å². The minimum atomic E-state index is -2.34. The zero-order chi connectivity index (χ0) is 31.4. The van der Waals surface area contributed by atoms with Crippen molar-refractivity contribution in [3.8, 4) is 0 Å². The second-order valence-corrected chi connectivity index (χ2v) is 12.9. The minimum Gasteiger partial charge on any atom is -0.452 e. The summed E-state index contributed by atoms with van der Waals surface area (Å²) >= 11 is 0. The van der Waals surface area contributed by atoms with E-state index in [1.54, 1.807) is 20.9 Å². The quantitative estimate of drug-likeness (QED) is 0.331. The summed E-state index contributed by atoms with van der Waals surface area (Å²) in [6.45, 7) is 4.55. The smallest absolute Gasteiger partial charge is 0.310 e. The van der Waals surface area contributed by atoms with Crippen molar-refractivity contribution in [2.24, 2.45) is 17.8 Å². The lowest BCUT2D eigenvalue weighted by Crippen LogP contribution is -2.44. The highest BCUT2D eigenvalue weighted by molar-refractivity contribution is 5.91. The molecule has 2 aromatic rings. The highest BCUT2D eigenvalue weighted by Crippen LogP contribution is 2.45. The van der Waals surface area contributed by atoms with Crippen LogP contribution in [0.15, 0.2) is 6.33 Å². The number of ether oxygens (including phenoxy) is 3.